The van der Waals surface area contributed by atoms with Gasteiger partial charge in [0, 0.05) is 116 Å². The molecule has 12 nitrogen and oxygen atoms in total. The van der Waals surface area contributed by atoms with E-state index >= 15 is 0 Å². The van der Waals surface area contributed by atoms with Crippen LogP contribution < -0.4 is 5.73 Å². The maximum Gasteiger partial charge on any atom is 0.195 e. The maximum atomic E-state index is 12.0. The maximum absolute atomic E-state index is 12.0. The van der Waals surface area contributed by atoms with Crippen molar-refractivity contribution in [2.24, 2.45) is 0 Å². The molecule has 2 unspecified atom stereocenters. The van der Waals surface area contributed by atoms with Crippen molar-refractivity contribution >= 4 is 79.3 Å². The molecule has 0 saturated carbocycles. The summed E-state index contributed by atoms with van der Waals surface area (Å²) in [6.45, 7) is 4.22. The average Bonchev–Trinajstić information content (AvgIpc) is 2.42. The van der Waals surface area contributed by atoms with Crippen molar-refractivity contribution in [3.05, 3.63) is 278 Å². The van der Waals surface area contributed by atoms with Crippen molar-refractivity contribution in [3.8, 4) is 67.2 Å². The predicted octanol–water partition coefficient (Wildman–Crippen LogP) is 16.4. The van der Waals surface area contributed by atoms with Crippen LogP contribution in [0, 0.1) is 0 Å². The van der Waals surface area contributed by atoms with Gasteiger partial charge in [0.05, 0.1) is 34.9 Å². The number of hydrogen-bond acceptors (Lipinski definition) is 12. The molecule has 0 bridgehead atoms. The second-order valence-corrected chi connectivity index (χ2v) is 19.8. The van der Waals surface area contributed by atoms with Crippen molar-refractivity contribution < 1.29 is 19.2 Å². The number of nitrogens with zero attached hydrogens (tertiary/aromatic N) is 7. The molecule has 418 valence electrons. The third-order valence-electron chi connectivity index (χ3n) is 14.2. The average molecular weight is 1160 g/mol. The Morgan fingerprint density at radius 2 is 0.651 bits per heavy atom. The Hall–Kier alpha value is -10.5. The third kappa shape index (κ3) is 13.4. The first-order valence-electron chi connectivity index (χ1n) is 27.8. The molecule has 0 fully saturated rings. The second-order valence-electron chi connectivity index (χ2n) is 19.8. The van der Waals surface area contributed by atoms with E-state index in [2.05, 4.69) is 120 Å². The number of carbonyl (C=O) groups is 4. The van der Waals surface area contributed by atoms with Gasteiger partial charge in [0.15, 0.2) is 23.1 Å². The Morgan fingerprint density at radius 3 is 0.965 bits per heavy atom. The summed E-state index contributed by atoms with van der Waals surface area (Å²) in [6.07, 6.45) is 14.2. The van der Waals surface area contributed by atoms with Crippen molar-refractivity contribution in [1.82, 2.24) is 34.9 Å². The molecule has 0 spiro atoms. The fraction of sp³-hybridized carbons (Fsp3) is 0.0417. The molecule has 13 aromatic rings. The summed E-state index contributed by atoms with van der Waals surface area (Å²) in [7, 11) is 2.52. The number of aromatic nitrogens is 7. The van der Waals surface area contributed by atoms with Gasteiger partial charge in [-0.2, -0.15) is 0 Å². The number of ketones is 4. The third-order valence-corrected chi connectivity index (χ3v) is 14.2. The molecule has 0 aliphatic carbocycles. The van der Waals surface area contributed by atoms with Crippen LogP contribution in [0.25, 0.3) is 99.9 Å². The molecule has 13 rings (SSSR count). The molecule has 0 radical (unpaired) electrons. The van der Waals surface area contributed by atoms with E-state index in [1.54, 1.807) is 48.8 Å². The van der Waals surface area contributed by atoms with Crippen LogP contribution in [-0.4, -0.2) is 59.3 Å². The Morgan fingerprint density at radius 1 is 0.360 bits per heavy atom. The van der Waals surface area contributed by atoms with E-state index in [0.29, 0.717) is 33.5 Å². The van der Waals surface area contributed by atoms with Gasteiger partial charge >= 0.3 is 0 Å². The zero-order valence-corrected chi connectivity index (χ0v) is 49.2. The quantitative estimate of drug-likeness (QED) is 0.0735. The molecular weight excluding hydrogens is 1100 g/mol. The van der Waals surface area contributed by atoms with Crippen LogP contribution >= 0.6 is 17.8 Å². The van der Waals surface area contributed by atoms with Crippen LogP contribution in [0.3, 0.4) is 0 Å². The molecule has 0 amide bonds. The lowest BCUT2D eigenvalue weighted by atomic mass is 9.93. The fourth-order valence-electron chi connectivity index (χ4n) is 9.95. The Kier molecular flexibility index (Phi) is 18.2. The smallest absolute Gasteiger partial charge is 0.195 e. The number of carbonyl (C=O) groups excluding carboxylic acids is 4. The van der Waals surface area contributed by atoms with Crippen LogP contribution in [0.4, 0.5) is 5.69 Å². The number of nitrogens with two attached hydrogens (primary N) is 1. The van der Waals surface area contributed by atoms with E-state index in [1.807, 2.05) is 91.8 Å². The van der Waals surface area contributed by atoms with Crippen molar-refractivity contribution in [2.75, 3.05) is 5.73 Å². The molecule has 0 aliphatic heterocycles. The van der Waals surface area contributed by atoms with Gasteiger partial charge < -0.3 is 5.73 Å². The lowest BCUT2D eigenvalue weighted by Crippen LogP contribution is -2.04. The van der Waals surface area contributed by atoms with Crippen LogP contribution in [0.5, 0.6) is 0 Å². The van der Waals surface area contributed by atoms with Gasteiger partial charge in [0.2, 0.25) is 0 Å². The molecule has 86 heavy (non-hydrogen) atoms. The molecule has 2 N–H and O–H groups in total. The van der Waals surface area contributed by atoms with Crippen molar-refractivity contribution in [3.63, 3.8) is 0 Å². The number of para-hydroxylation sites is 4. The number of benzene rings is 6. The fourth-order valence-corrected chi connectivity index (χ4v) is 9.95. The molecule has 0 aliphatic rings. The zero-order valence-electron chi connectivity index (χ0n) is 48.1. The van der Waals surface area contributed by atoms with E-state index in [-0.39, 0.29) is 32.0 Å². The SMILES string of the molecule is CC(=O)c1cc(C(C)=O)cc(C(C)=O)c1.Nc1ccccc1C(=O)c1ccncc1.[2H]PP.c1ccc2c(-c3ccncc3)cc(-c3cc(-c4cc(-c5ccncc5)c5ccccc5n4)cc(-c4cc(-c5ccncc5)c5ccccc5n4)c3)nc2c1. The van der Waals surface area contributed by atoms with Gasteiger partial charge in [0.25, 0.3) is 0 Å². The standard InChI is InChI=1S/C48H30N6.C12H10N2O.C12H12O3.H4P2/c1-4-10-43-37(7-1)40(31-13-19-49-20-14-31)28-46(52-43)34-25-35(47-29-41(32-15-21-50-22-16-32)38-8-2-5-11-44(38)53-47)27-36(26-34)48-30-42(33-17-23-51-24-18-33)39-9-3-6-12-45(39)54-48;13-11-4-2-1-3-10(11)12(15)9-5-7-14-8-6-9;1-7(13)10-4-11(8(2)14)6-12(5-10)9(3)15;1-2/h1-30H;1-8H,13H2;4-6H,1-3H3;1-2H2/i;;;1D. The van der Waals surface area contributed by atoms with Gasteiger partial charge in [0.1, 0.15) is 0 Å². The number of rotatable bonds is 11. The molecule has 0 saturated heterocycles. The number of fused-ring (bicyclic) bond motifs is 3. The monoisotopic (exact) mass is 1160 g/mol. The minimum atomic E-state index is -0.152. The molecule has 14 heteroatoms. The predicted molar refractivity (Wildman–Crippen MR) is 353 cm³/mol. The number of nitrogen functional groups attached to an aromatic ring is 1. The van der Waals surface area contributed by atoms with Crippen LogP contribution in [-0.2, 0) is 0 Å². The van der Waals surface area contributed by atoms with E-state index in [0.717, 1.165) is 99.9 Å². The number of anilines is 1. The van der Waals surface area contributed by atoms with E-state index in [9.17, 15) is 19.2 Å². The zero-order chi connectivity index (χ0) is 60.8. The first-order valence-corrected chi connectivity index (χ1v) is 29.6. The Balaban J connectivity index is 0.000000206. The summed E-state index contributed by atoms with van der Waals surface area (Å²) in [6, 6.07) is 65.3. The van der Waals surface area contributed by atoms with Gasteiger partial charge in [-0.25, -0.2) is 15.0 Å². The lowest BCUT2D eigenvalue weighted by molar-refractivity contribution is 0.101. The highest BCUT2D eigenvalue weighted by Crippen LogP contribution is 2.40. The largest absolute Gasteiger partial charge is 0.398 e. The van der Waals surface area contributed by atoms with Crippen LogP contribution in [0.2, 0.25) is 0 Å². The highest BCUT2D eigenvalue weighted by atomic mass is 32.0. The van der Waals surface area contributed by atoms with Crippen molar-refractivity contribution in [2.45, 2.75) is 20.8 Å². The molecule has 7 heterocycles. The van der Waals surface area contributed by atoms with Gasteiger partial charge in [-0.15, -0.1) is 17.8 Å². The molecular formula is C72H56N8O4P2. The van der Waals surface area contributed by atoms with E-state index < -0.39 is 0 Å². The van der Waals surface area contributed by atoms with Gasteiger partial charge in [-0.3, -0.25) is 39.1 Å². The summed E-state index contributed by atoms with van der Waals surface area (Å²) >= 11 is 0. The summed E-state index contributed by atoms with van der Waals surface area (Å²) in [5.41, 5.74) is 23.3. The molecule has 6 aromatic carbocycles. The van der Waals surface area contributed by atoms with Gasteiger partial charge in [-0.05, 0) is 188 Å². The summed E-state index contributed by atoms with van der Waals surface area (Å²) in [5, 5.41) is 3.25. The first kappa shape index (κ1) is 57.3. The highest BCUT2D eigenvalue weighted by Gasteiger charge is 2.18. The minimum absolute atomic E-state index is 0.0736. The second kappa shape index (κ2) is 27.3. The normalized spacial score (nSPS) is 10.9. The van der Waals surface area contributed by atoms with Crippen LogP contribution in [0.15, 0.2) is 250 Å². The highest BCUT2D eigenvalue weighted by molar-refractivity contribution is 7.92. The lowest BCUT2D eigenvalue weighted by Gasteiger charge is -2.15. The van der Waals surface area contributed by atoms with Crippen LogP contribution in [0.1, 0.15) is 67.8 Å². The summed E-state index contributed by atoms with van der Waals surface area (Å²) in [4.78, 5) is 78.0. The minimum Gasteiger partial charge on any atom is -0.398 e. The van der Waals surface area contributed by atoms with Crippen molar-refractivity contribution in [1.29, 1.82) is 1.28 Å². The first-order chi connectivity index (χ1) is 42.4. The number of Topliss-reactive ketones (excluding diaryl/α,β-unsaturated/α-hetero) is 3. The Bertz CT molecular complexity index is 4240. The Labute approximate surface area is 503 Å². The molecule has 2 atom stereocenters. The summed E-state index contributed by atoms with van der Waals surface area (Å²) in [5.74, 6) is -0.530. The molecule has 7 aromatic heterocycles. The van der Waals surface area contributed by atoms with Gasteiger partial charge in [-0.1, -0.05) is 66.7 Å². The van der Waals surface area contributed by atoms with E-state index in [4.69, 9.17) is 22.0 Å². The van der Waals surface area contributed by atoms with E-state index in [1.165, 1.54) is 39.0 Å². The number of hydrogen-bond donors (Lipinski definition) is 1. The number of pyridine rings is 7. The topological polar surface area (TPSA) is 185 Å². The summed E-state index contributed by atoms with van der Waals surface area (Å²) < 4.78 is 6.20.